The Kier molecular flexibility index (Phi) is 3.52. The van der Waals surface area contributed by atoms with Crippen LogP contribution < -0.4 is 5.73 Å². The molecule has 2 nitrogen and oxygen atoms in total. The number of hydrogen-bond donors (Lipinski definition) is 1. The lowest BCUT2D eigenvalue weighted by Gasteiger charge is -2.01. The molecule has 3 rings (SSSR count). The molecular formula is C19H15NO. The molecule has 0 unspecified atom stereocenters. The lowest BCUT2D eigenvalue weighted by atomic mass is 10.0. The minimum atomic E-state index is -0.0241. The SMILES string of the molecule is Nc1ccccc1C=CC(=O)c1ccc2ccccc2c1. The van der Waals surface area contributed by atoms with Crippen molar-refractivity contribution >= 4 is 28.3 Å². The third-order valence-electron chi connectivity index (χ3n) is 3.44. The van der Waals surface area contributed by atoms with Crippen LogP contribution in [0.4, 0.5) is 5.69 Å². The summed E-state index contributed by atoms with van der Waals surface area (Å²) in [6.45, 7) is 0. The summed E-state index contributed by atoms with van der Waals surface area (Å²) >= 11 is 0. The standard InChI is InChI=1S/C19H15NO/c20-18-8-4-3-6-15(18)11-12-19(21)17-10-9-14-5-1-2-7-16(14)13-17/h1-13H,20H2. The maximum absolute atomic E-state index is 12.2. The van der Waals surface area contributed by atoms with E-state index in [0.717, 1.165) is 16.3 Å². The van der Waals surface area contributed by atoms with E-state index >= 15 is 0 Å². The van der Waals surface area contributed by atoms with Gasteiger partial charge in [0.15, 0.2) is 5.78 Å². The Morgan fingerprint density at radius 1 is 0.857 bits per heavy atom. The van der Waals surface area contributed by atoms with Crippen LogP contribution >= 0.6 is 0 Å². The van der Waals surface area contributed by atoms with Crippen LogP contribution in [0.5, 0.6) is 0 Å². The van der Waals surface area contributed by atoms with Gasteiger partial charge in [-0.15, -0.1) is 0 Å². The summed E-state index contributed by atoms with van der Waals surface area (Å²) in [6, 6.07) is 21.2. The van der Waals surface area contributed by atoms with E-state index in [1.54, 1.807) is 12.2 Å². The summed E-state index contributed by atoms with van der Waals surface area (Å²) in [5.41, 5.74) is 8.06. The number of allylic oxidation sites excluding steroid dienone is 1. The predicted octanol–water partition coefficient (Wildman–Crippen LogP) is 4.32. The minimum absolute atomic E-state index is 0.0241. The summed E-state index contributed by atoms with van der Waals surface area (Å²) in [7, 11) is 0. The van der Waals surface area contributed by atoms with Gasteiger partial charge in [-0.1, -0.05) is 54.6 Å². The molecule has 0 bridgehead atoms. The number of rotatable bonds is 3. The number of carbonyl (C=O) groups excluding carboxylic acids is 1. The maximum Gasteiger partial charge on any atom is 0.185 e. The Hall–Kier alpha value is -2.87. The van der Waals surface area contributed by atoms with Gasteiger partial charge in [0.05, 0.1) is 0 Å². The Labute approximate surface area is 123 Å². The molecule has 102 valence electrons. The van der Waals surface area contributed by atoms with Crippen LogP contribution in [0.3, 0.4) is 0 Å². The van der Waals surface area contributed by atoms with Gasteiger partial charge in [-0.2, -0.15) is 0 Å². The number of nitrogens with two attached hydrogens (primary N) is 1. The number of para-hydroxylation sites is 1. The molecule has 2 N–H and O–H groups in total. The van der Waals surface area contributed by atoms with Crippen molar-refractivity contribution in [2.75, 3.05) is 5.73 Å². The molecular weight excluding hydrogens is 258 g/mol. The molecule has 0 spiro atoms. The maximum atomic E-state index is 12.2. The quantitative estimate of drug-likeness (QED) is 0.439. The van der Waals surface area contributed by atoms with Crippen molar-refractivity contribution in [2.45, 2.75) is 0 Å². The molecule has 0 aliphatic rings. The largest absolute Gasteiger partial charge is 0.398 e. The zero-order valence-electron chi connectivity index (χ0n) is 11.5. The fourth-order valence-electron chi connectivity index (χ4n) is 2.27. The van der Waals surface area contributed by atoms with Crippen molar-refractivity contribution in [1.82, 2.24) is 0 Å². The summed E-state index contributed by atoms with van der Waals surface area (Å²) in [6.07, 6.45) is 3.32. The number of hydrogen-bond acceptors (Lipinski definition) is 2. The average molecular weight is 273 g/mol. The fourth-order valence-corrected chi connectivity index (χ4v) is 2.27. The highest BCUT2D eigenvalue weighted by Gasteiger charge is 2.03. The zero-order valence-corrected chi connectivity index (χ0v) is 11.5. The molecule has 0 atom stereocenters. The van der Waals surface area contributed by atoms with Gasteiger partial charge in [-0.25, -0.2) is 0 Å². The van der Waals surface area contributed by atoms with Gasteiger partial charge in [0.1, 0.15) is 0 Å². The first-order valence-corrected chi connectivity index (χ1v) is 6.80. The second-order valence-electron chi connectivity index (χ2n) is 4.89. The van der Waals surface area contributed by atoms with Crippen LogP contribution in [0.2, 0.25) is 0 Å². The molecule has 0 saturated carbocycles. The number of anilines is 1. The number of nitrogen functional groups attached to an aromatic ring is 1. The third kappa shape index (κ3) is 2.84. The van der Waals surface area contributed by atoms with Crippen molar-refractivity contribution < 1.29 is 4.79 Å². The number of fused-ring (bicyclic) bond motifs is 1. The molecule has 0 aromatic heterocycles. The highest BCUT2D eigenvalue weighted by Crippen LogP contribution is 2.17. The fraction of sp³-hybridized carbons (Fsp3) is 0. The van der Waals surface area contributed by atoms with Crippen molar-refractivity contribution in [3.63, 3.8) is 0 Å². The van der Waals surface area contributed by atoms with Crippen LogP contribution in [-0.4, -0.2) is 5.78 Å². The van der Waals surface area contributed by atoms with Crippen molar-refractivity contribution in [3.8, 4) is 0 Å². The van der Waals surface area contributed by atoms with E-state index in [1.807, 2.05) is 66.7 Å². The smallest absolute Gasteiger partial charge is 0.185 e. The highest BCUT2D eigenvalue weighted by atomic mass is 16.1. The van der Waals surface area contributed by atoms with Crippen molar-refractivity contribution in [3.05, 3.63) is 83.9 Å². The van der Waals surface area contributed by atoms with Crippen LogP contribution in [0.25, 0.3) is 16.8 Å². The first-order chi connectivity index (χ1) is 10.2. The van der Waals surface area contributed by atoms with Gasteiger partial charge < -0.3 is 5.73 Å². The van der Waals surface area contributed by atoms with Crippen LogP contribution in [-0.2, 0) is 0 Å². The van der Waals surface area contributed by atoms with Gasteiger partial charge in [0, 0.05) is 11.3 Å². The van der Waals surface area contributed by atoms with Crippen LogP contribution in [0.15, 0.2) is 72.8 Å². The minimum Gasteiger partial charge on any atom is -0.398 e. The topological polar surface area (TPSA) is 43.1 Å². The van der Waals surface area contributed by atoms with Gasteiger partial charge >= 0.3 is 0 Å². The summed E-state index contributed by atoms with van der Waals surface area (Å²) < 4.78 is 0. The van der Waals surface area contributed by atoms with Gasteiger partial charge in [-0.05, 0) is 40.6 Å². The van der Waals surface area contributed by atoms with E-state index in [2.05, 4.69) is 0 Å². The third-order valence-corrected chi connectivity index (χ3v) is 3.44. The normalized spacial score (nSPS) is 11.0. The predicted molar refractivity (Wildman–Crippen MR) is 88.2 cm³/mol. The van der Waals surface area contributed by atoms with E-state index in [4.69, 9.17) is 5.73 Å². The second-order valence-corrected chi connectivity index (χ2v) is 4.89. The van der Waals surface area contributed by atoms with Gasteiger partial charge in [0.25, 0.3) is 0 Å². The summed E-state index contributed by atoms with van der Waals surface area (Å²) in [5.74, 6) is -0.0241. The molecule has 0 radical (unpaired) electrons. The molecule has 0 aliphatic carbocycles. The lowest BCUT2D eigenvalue weighted by Crippen LogP contribution is -1.94. The van der Waals surface area contributed by atoms with E-state index in [1.165, 1.54) is 0 Å². The monoisotopic (exact) mass is 273 g/mol. The van der Waals surface area contributed by atoms with Gasteiger partial charge in [-0.3, -0.25) is 4.79 Å². The first kappa shape index (κ1) is 13.1. The molecule has 0 fully saturated rings. The second kappa shape index (κ2) is 5.63. The lowest BCUT2D eigenvalue weighted by molar-refractivity contribution is 0.104. The molecule has 0 aliphatic heterocycles. The molecule has 3 aromatic carbocycles. The molecule has 0 saturated heterocycles. The summed E-state index contributed by atoms with van der Waals surface area (Å²) in [5, 5.41) is 2.20. The van der Waals surface area contributed by atoms with E-state index in [-0.39, 0.29) is 5.78 Å². The molecule has 2 heteroatoms. The van der Waals surface area contributed by atoms with Crippen LogP contribution in [0, 0.1) is 0 Å². The number of benzene rings is 3. The molecule has 21 heavy (non-hydrogen) atoms. The Balaban J connectivity index is 1.89. The molecule has 0 heterocycles. The zero-order chi connectivity index (χ0) is 14.7. The van der Waals surface area contributed by atoms with Crippen molar-refractivity contribution in [1.29, 1.82) is 0 Å². The van der Waals surface area contributed by atoms with E-state index in [0.29, 0.717) is 11.3 Å². The van der Waals surface area contributed by atoms with Gasteiger partial charge in [0.2, 0.25) is 0 Å². The molecule has 3 aromatic rings. The Morgan fingerprint density at radius 3 is 2.38 bits per heavy atom. The number of carbonyl (C=O) groups is 1. The average Bonchev–Trinajstić information content (AvgIpc) is 2.53. The van der Waals surface area contributed by atoms with E-state index in [9.17, 15) is 4.79 Å². The van der Waals surface area contributed by atoms with E-state index < -0.39 is 0 Å². The Morgan fingerprint density at radius 2 is 1.57 bits per heavy atom. The first-order valence-electron chi connectivity index (χ1n) is 6.80. The Bertz CT molecular complexity index is 834. The summed E-state index contributed by atoms with van der Waals surface area (Å²) in [4.78, 5) is 12.2. The number of ketones is 1. The van der Waals surface area contributed by atoms with Crippen LogP contribution in [0.1, 0.15) is 15.9 Å². The van der Waals surface area contributed by atoms with Crippen molar-refractivity contribution in [2.24, 2.45) is 0 Å². The molecule has 0 amide bonds. The highest BCUT2D eigenvalue weighted by molar-refractivity contribution is 6.08.